The molecule has 0 radical (unpaired) electrons. The average molecular weight is 422 g/mol. The Balaban J connectivity index is 0.00000264. The zero-order valence-electron chi connectivity index (χ0n) is 12.7. The van der Waals surface area contributed by atoms with Crippen LogP contribution in [0, 0.1) is 0 Å². The van der Waals surface area contributed by atoms with Crippen molar-refractivity contribution >= 4 is 41.8 Å². The summed E-state index contributed by atoms with van der Waals surface area (Å²) in [5.41, 5.74) is 0. The van der Waals surface area contributed by atoms with Crippen LogP contribution in [0.2, 0.25) is 0 Å². The summed E-state index contributed by atoms with van der Waals surface area (Å²) < 4.78 is 65.6. The Bertz CT molecular complexity index is 824. The zero-order chi connectivity index (χ0) is 16.4. The standard InChI is InChI=1S/C12H10O6S4.2Na/c13-21(14,15)11-5-1-3-9(7-11)19-20-10-4-2-6-12(8-10)22(16,17)18;;/h1-8H,(H,13,14,15)(H,16,17,18);;/q;2*+1/p-2. The van der Waals surface area contributed by atoms with Crippen LogP contribution in [0.4, 0.5) is 0 Å². The number of rotatable bonds is 5. The summed E-state index contributed by atoms with van der Waals surface area (Å²) in [6.07, 6.45) is 0. The van der Waals surface area contributed by atoms with E-state index in [0.717, 1.165) is 21.6 Å². The van der Waals surface area contributed by atoms with E-state index in [0.29, 0.717) is 9.79 Å². The molecule has 0 aliphatic carbocycles. The Hall–Kier alpha value is 0.960. The molecule has 118 valence electrons. The van der Waals surface area contributed by atoms with Crippen molar-refractivity contribution in [1.82, 2.24) is 0 Å². The van der Waals surface area contributed by atoms with Gasteiger partial charge in [0, 0.05) is 9.79 Å². The summed E-state index contributed by atoms with van der Waals surface area (Å²) in [6, 6.07) is 10.9. The van der Waals surface area contributed by atoms with E-state index in [1.54, 1.807) is 12.1 Å². The Kier molecular flexibility index (Phi) is 10.7. The molecule has 2 aromatic carbocycles. The summed E-state index contributed by atoms with van der Waals surface area (Å²) in [5, 5.41) is 0. The van der Waals surface area contributed by atoms with Crippen molar-refractivity contribution < 1.29 is 85.1 Å². The van der Waals surface area contributed by atoms with Gasteiger partial charge in [-0.05, 0) is 36.4 Å². The fourth-order valence-corrected chi connectivity index (χ4v) is 4.65. The number of benzene rings is 2. The van der Waals surface area contributed by atoms with Crippen molar-refractivity contribution in [3.05, 3.63) is 48.5 Å². The maximum atomic E-state index is 10.9. The first-order valence-electron chi connectivity index (χ1n) is 5.63. The van der Waals surface area contributed by atoms with Gasteiger partial charge in [0.15, 0.2) is 0 Å². The van der Waals surface area contributed by atoms with Crippen LogP contribution in [-0.4, -0.2) is 25.9 Å². The first-order valence-corrected chi connectivity index (χ1v) is 10.6. The molecule has 0 unspecified atom stereocenters. The molecule has 24 heavy (non-hydrogen) atoms. The summed E-state index contributed by atoms with van der Waals surface area (Å²) in [4.78, 5) is 0.345. The summed E-state index contributed by atoms with van der Waals surface area (Å²) in [7, 11) is -6.78. The first-order chi connectivity index (χ1) is 10.2. The normalized spacial score (nSPS) is 11.2. The molecular weight excluding hydrogens is 414 g/mol. The van der Waals surface area contributed by atoms with Gasteiger partial charge in [-0.15, -0.1) is 0 Å². The van der Waals surface area contributed by atoms with E-state index >= 15 is 0 Å². The van der Waals surface area contributed by atoms with E-state index in [1.807, 2.05) is 0 Å². The van der Waals surface area contributed by atoms with E-state index < -0.39 is 20.2 Å². The quantitative estimate of drug-likeness (QED) is 0.275. The van der Waals surface area contributed by atoms with Crippen LogP contribution in [0.5, 0.6) is 0 Å². The number of hydrogen-bond acceptors (Lipinski definition) is 8. The Morgan fingerprint density at radius 3 is 1.29 bits per heavy atom. The Labute approximate surface area is 192 Å². The van der Waals surface area contributed by atoms with Gasteiger partial charge in [0.1, 0.15) is 20.2 Å². The Morgan fingerprint density at radius 2 is 1.00 bits per heavy atom. The molecule has 2 aromatic rings. The van der Waals surface area contributed by atoms with Gasteiger partial charge < -0.3 is 9.11 Å². The summed E-state index contributed by atoms with van der Waals surface area (Å²) in [5.74, 6) is 0. The van der Waals surface area contributed by atoms with Crippen molar-refractivity contribution in [3.8, 4) is 0 Å². The molecule has 0 aliphatic rings. The maximum absolute atomic E-state index is 10.9. The van der Waals surface area contributed by atoms with Crippen molar-refractivity contribution in [3.63, 3.8) is 0 Å². The summed E-state index contributed by atoms with van der Waals surface area (Å²) in [6.45, 7) is 0. The minimum atomic E-state index is -4.53. The van der Waals surface area contributed by atoms with Gasteiger partial charge in [0.25, 0.3) is 0 Å². The van der Waals surface area contributed by atoms with Gasteiger partial charge >= 0.3 is 59.1 Å². The minimum absolute atomic E-state index is 0. The molecule has 0 N–H and O–H groups in total. The van der Waals surface area contributed by atoms with Gasteiger partial charge in [-0.1, -0.05) is 33.7 Å². The van der Waals surface area contributed by atoms with Gasteiger partial charge in [0.2, 0.25) is 0 Å². The molecule has 0 aliphatic heterocycles. The molecule has 0 aromatic heterocycles. The number of hydrogen-bond donors (Lipinski definition) is 0. The molecular formula is C12H8Na2O6S4. The molecule has 0 saturated heterocycles. The third-order valence-corrected chi connectivity index (χ3v) is 6.47. The predicted molar refractivity (Wildman–Crippen MR) is 80.5 cm³/mol. The van der Waals surface area contributed by atoms with Crippen molar-refractivity contribution in [2.75, 3.05) is 0 Å². The fraction of sp³-hybridized carbons (Fsp3) is 0. The van der Waals surface area contributed by atoms with Gasteiger partial charge in [-0.2, -0.15) is 0 Å². The zero-order valence-corrected chi connectivity index (χ0v) is 20.0. The first kappa shape index (κ1) is 25.0. The van der Waals surface area contributed by atoms with Crippen LogP contribution in [0.3, 0.4) is 0 Å². The van der Waals surface area contributed by atoms with E-state index in [1.165, 1.54) is 36.4 Å². The minimum Gasteiger partial charge on any atom is -0.744 e. The molecule has 0 spiro atoms. The third kappa shape index (κ3) is 7.68. The van der Waals surface area contributed by atoms with Crippen LogP contribution >= 0.6 is 21.6 Å². The van der Waals surface area contributed by atoms with Gasteiger partial charge in [-0.3, -0.25) is 0 Å². The molecule has 12 heteroatoms. The molecule has 0 atom stereocenters. The topological polar surface area (TPSA) is 114 Å². The van der Waals surface area contributed by atoms with Crippen molar-refractivity contribution in [2.45, 2.75) is 19.6 Å². The van der Waals surface area contributed by atoms with Crippen LogP contribution in [0.25, 0.3) is 0 Å². The van der Waals surface area contributed by atoms with E-state index in [9.17, 15) is 25.9 Å². The fourth-order valence-electron chi connectivity index (χ4n) is 1.46. The maximum Gasteiger partial charge on any atom is 1.00 e. The van der Waals surface area contributed by atoms with E-state index in [2.05, 4.69) is 0 Å². The van der Waals surface area contributed by atoms with Crippen LogP contribution in [0.15, 0.2) is 68.1 Å². The largest absolute Gasteiger partial charge is 1.00 e. The van der Waals surface area contributed by atoms with E-state index in [4.69, 9.17) is 0 Å². The molecule has 0 fully saturated rings. The molecule has 0 amide bonds. The SMILES string of the molecule is O=S(=O)([O-])c1cccc(SSc2cccc(S(=O)(=O)[O-])c2)c1.[Na+].[Na+]. The predicted octanol–water partition coefficient (Wildman–Crippen LogP) is -3.70. The third-order valence-electron chi connectivity index (χ3n) is 2.42. The monoisotopic (exact) mass is 422 g/mol. The van der Waals surface area contributed by atoms with Crippen LogP contribution in [0.1, 0.15) is 0 Å². The molecule has 0 saturated carbocycles. The molecule has 0 bridgehead atoms. The Morgan fingerprint density at radius 1 is 0.667 bits per heavy atom. The smallest absolute Gasteiger partial charge is 0.744 e. The second kappa shape index (κ2) is 10.3. The van der Waals surface area contributed by atoms with Crippen molar-refractivity contribution in [1.29, 1.82) is 0 Å². The molecule has 0 heterocycles. The van der Waals surface area contributed by atoms with Crippen LogP contribution < -0.4 is 59.1 Å². The van der Waals surface area contributed by atoms with Crippen LogP contribution in [-0.2, 0) is 20.2 Å². The average Bonchev–Trinajstić information content (AvgIpc) is 2.44. The van der Waals surface area contributed by atoms with Crippen molar-refractivity contribution in [2.24, 2.45) is 0 Å². The second-order valence-corrected chi connectivity index (χ2v) is 9.06. The summed E-state index contributed by atoms with van der Waals surface area (Å²) >= 11 is 0. The van der Waals surface area contributed by atoms with Gasteiger partial charge in [-0.25, -0.2) is 16.8 Å². The second-order valence-electron chi connectivity index (χ2n) is 4.02. The van der Waals surface area contributed by atoms with Gasteiger partial charge in [0.05, 0.1) is 9.79 Å². The molecule has 6 nitrogen and oxygen atoms in total. The molecule has 2 rings (SSSR count). The van der Waals surface area contributed by atoms with E-state index in [-0.39, 0.29) is 68.9 Å².